The molecule has 0 spiro atoms. The lowest BCUT2D eigenvalue weighted by atomic mass is 9.78. The molecule has 2 aromatic rings. The van der Waals surface area contributed by atoms with E-state index in [1.165, 1.54) is 16.4 Å². The van der Waals surface area contributed by atoms with Gasteiger partial charge in [-0.05, 0) is 68.3 Å². The number of benzene rings is 2. The molecule has 2 unspecified atom stereocenters. The maximum absolute atomic E-state index is 13.7. The maximum Gasteiger partial charge on any atom is 0.416 e. The fourth-order valence-electron chi connectivity index (χ4n) is 4.68. The molecule has 13 heteroatoms. The highest BCUT2D eigenvalue weighted by atomic mass is 35.5. The minimum atomic E-state index is -4.72. The van der Waals surface area contributed by atoms with Crippen molar-refractivity contribution < 1.29 is 30.8 Å². The Hall–Kier alpha value is -1.92. The van der Waals surface area contributed by atoms with Crippen molar-refractivity contribution in [1.29, 1.82) is 0 Å². The van der Waals surface area contributed by atoms with E-state index in [0.717, 1.165) is 18.4 Å². The number of alkyl halides is 3. The largest absolute Gasteiger partial charge is 0.416 e. The van der Waals surface area contributed by atoms with E-state index in [1.54, 1.807) is 19.9 Å². The average molecular weight is 598 g/mol. The summed E-state index contributed by atoms with van der Waals surface area (Å²) in [7, 11) is -3.35. The van der Waals surface area contributed by atoms with Crippen molar-refractivity contribution in [2.45, 2.75) is 44.4 Å². The Morgan fingerprint density at radius 1 is 1.11 bits per heavy atom. The predicted molar refractivity (Wildman–Crippen MR) is 139 cm³/mol. The van der Waals surface area contributed by atoms with Crippen LogP contribution in [0.15, 0.2) is 36.4 Å². The van der Waals surface area contributed by atoms with Crippen LogP contribution in [0.25, 0.3) is 0 Å². The fourth-order valence-corrected chi connectivity index (χ4v) is 6.11. The van der Waals surface area contributed by atoms with E-state index >= 15 is 0 Å². The number of halogens is 6. The monoisotopic (exact) mass is 597 g/mol. The number of carbonyl (C=O) groups is 1. The average Bonchev–Trinajstić information content (AvgIpc) is 2.81. The van der Waals surface area contributed by atoms with E-state index < -0.39 is 51.0 Å². The molecular formula is C25H29Cl2F4N3O3S. The molecule has 1 aliphatic heterocycles. The summed E-state index contributed by atoms with van der Waals surface area (Å²) in [6.07, 6.45) is -3.31. The number of rotatable bonds is 8. The molecule has 38 heavy (non-hydrogen) atoms. The van der Waals surface area contributed by atoms with Gasteiger partial charge in [-0.1, -0.05) is 29.3 Å². The van der Waals surface area contributed by atoms with Gasteiger partial charge in [-0.25, -0.2) is 12.8 Å². The molecule has 0 saturated carbocycles. The quantitative estimate of drug-likeness (QED) is 0.431. The van der Waals surface area contributed by atoms with Gasteiger partial charge in [-0.15, -0.1) is 0 Å². The molecule has 3 rings (SSSR count). The fraction of sp³-hybridized carbons (Fsp3) is 0.480. The van der Waals surface area contributed by atoms with Crippen LogP contribution in [-0.4, -0.2) is 62.0 Å². The van der Waals surface area contributed by atoms with Crippen LogP contribution >= 0.6 is 23.2 Å². The molecule has 2 atom stereocenters. The summed E-state index contributed by atoms with van der Waals surface area (Å²) in [6.45, 7) is 4.52. The van der Waals surface area contributed by atoms with E-state index in [4.69, 9.17) is 23.2 Å². The van der Waals surface area contributed by atoms with Gasteiger partial charge in [0.05, 0.1) is 27.3 Å². The minimum absolute atomic E-state index is 0.211. The summed E-state index contributed by atoms with van der Waals surface area (Å²) in [4.78, 5) is 15.6. The van der Waals surface area contributed by atoms with E-state index in [9.17, 15) is 30.8 Å². The summed E-state index contributed by atoms with van der Waals surface area (Å²) in [5.74, 6) is -1.42. The third-order valence-electron chi connectivity index (χ3n) is 6.87. The van der Waals surface area contributed by atoms with Crippen molar-refractivity contribution in [3.05, 3.63) is 69.0 Å². The molecule has 0 bridgehead atoms. The van der Waals surface area contributed by atoms with Crippen molar-refractivity contribution >= 4 is 39.1 Å². The number of hydrogen-bond donors (Lipinski definition) is 1. The zero-order chi connectivity index (χ0) is 28.5. The van der Waals surface area contributed by atoms with Gasteiger partial charge in [0.2, 0.25) is 15.9 Å². The molecule has 1 N–H and O–H groups in total. The molecule has 1 aliphatic rings. The number of carbonyl (C=O) groups excluding carboxylic acids is 1. The maximum atomic E-state index is 13.7. The molecule has 210 valence electrons. The molecule has 1 heterocycles. The highest BCUT2D eigenvalue weighted by Crippen LogP contribution is 2.35. The summed E-state index contributed by atoms with van der Waals surface area (Å²) >= 11 is 12.3. The van der Waals surface area contributed by atoms with Gasteiger partial charge >= 0.3 is 6.18 Å². The first-order valence-electron chi connectivity index (χ1n) is 11.8. The Balaban J connectivity index is 1.83. The molecule has 2 aromatic carbocycles. The summed E-state index contributed by atoms with van der Waals surface area (Å²) < 4.78 is 79.5. The van der Waals surface area contributed by atoms with Crippen LogP contribution < -0.4 is 5.32 Å². The molecular weight excluding hydrogens is 569 g/mol. The van der Waals surface area contributed by atoms with Gasteiger partial charge in [0.1, 0.15) is 5.82 Å². The van der Waals surface area contributed by atoms with Crippen LogP contribution in [0.1, 0.15) is 37.0 Å². The number of nitrogens with zero attached hydrogens (tertiary/aromatic N) is 2. The lowest BCUT2D eigenvalue weighted by Crippen LogP contribution is -2.54. The van der Waals surface area contributed by atoms with Crippen molar-refractivity contribution in [2.75, 3.05) is 32.4 Å². The van der Waals surface area contributed by atoms with Crippen LogP contribution in [0.3, 0.4) is 0 Å². The Labute approximate surface area is 229 Å². The summed E-state index contributed by atoms with van der Waals surface area (Å²) in [5, 5.41) is 3.04. The van der Waals surface area contributed by atoms with Crippen LogP contribution in [0.2, 0.25) is 10.0 Å². The Morgan fingerprint density at radius 3 is 2.37 bits per heavy atom. The lowest BCUT2D eigenvalue weighted by molar-refractivity contribution is -0.138. The van der Waals surface area contributed by atoms with E-state index in [2.05, 4.69) is 5.32 Å². The SMILES string of the molecule is CC1CN(CCC(C)(C(=O)NCc2cc(F)ccc2C(F)(F)F)c2ccc(Cl)c(Cl)c2)CCN1S(C)(=O)=O. The second-order valence-corrected chi connectivity index (χ2v) is 12.5. The van der Waals surface area contributed by atoms with Gasteiger partial charge < -0.3 is 10.2 Å². The Morgan fingerprint density at radius 2 is 1.79 bits per heavy atom. The third kappa shape index (κ3) is 7.18. The van der Waals surface area contributed by atoms with Gasteiger partial charge in [-0.2, -0.15) is 17.5 Å². The number of nitrogens with one attached hydrogen (secondary N) is 1. The van der Waals surface area contributed by atoms with Crippen LogP contribution in [-0.2, 0) is 33.0 Å². The topological polar surface area (TPSA) is 69.7 Å². The number of hydrogen-bond acceptors (Lipinski definition) is 4. The second-order valence-electron chi connectivity index (χ2n) is 9.72. The lowest BCUT2D eigenvalue weighted by Gasteiger charge is -2.40. The molecule has 0 aromatic heterocycles. The first-order chi connectivity index (χ1) is 17.5. The standard InChI is InChI=1S/C25H29Cl2F4N3O3S/c1-16-15-33(10-11-34(16)38(3,36)37)9-8-24(2,18-4-7-21(26)22(27)13-18)23(35)32-14-17-12-19(28)5-6-20(17)25(29,30)31/h4-7,12-13,16H,8-11,14-15H2,1-3H3,(H,32,35). The van der Waals surface area contributed by atoms with Crippen molar-refractivity contribution in [3.63, 3.8) is 0 Å². The van der Waals surface area contributed by atoms with E-state index in [1.807, 2.05) is 4.90 Å². The van der Waals surface area contributed by atoms with Crippen LogP contribution in [0, 0.1) is 5.82 Å². The van der Waals surface area contributed by atoms with E-state index in [0.29, 0.717) is 37.8 Å². The van der Waals surface area contributed by atoms with Crippen molar-refractivity contribution in [2.24, 2.45) is 0 Å². The first-order valence-corrected chi connectivity index (χ1v) is 14.4. The van der Waals surface area contributed by atoms with E-state index in [-0.39, 0.29) is 22.5 Å². The first kappa shape index (κ1) is 30.6. The molecule has 1 fully saturated rings. The van der Waals surface area contributed by atoms with Crippen molar-refractivity contribution in [1.82, 2.24) is 14.5 Å². The highest BCUT2D eigenvalue weighted by molar-refractivity contribution is 7.88. The molecule has 6 nitrogen and oxygen atoms in total. The van der Waals surface area contributed by atoms with Crippen LogP contribution in [0.5, 0.6) is 0 Å². The molecule has 1 amide bonds. The molecule has 1 saturated heterocycles. The van der Waals surface area contributed by atoms with Gasteiger partial charge in [0.25, 0.3) is 0 Å². The number of sulfonamides is 1. The number of amides is 1. The van der Waals surface area contributed by atoms with Gasteiger partial charge in [-0.3, -0.25) is 4.79 Å². The zero-order valence-corrected chi connectivity index (χ0v) is 23.4. The van der Waals surface area contributed by atoms with Gasteiger partial charge in [0.15, 0.2) is 0 Å². The summed E-state index contributed by atoms with van der Waals surface area (Å²) in [6, 6.07) is 6.55. The highest BCUT2D eigenvalue weighted by Gasteiger charge is 2.38. The number of piperazine rings is 1. The smallest absolute Gasteiger partial charge is 0.351 e. The van der Waals surface area contributed by atoms with Gasteiger partial charge in [0, 0.05) is 32.2 Å². The molecule has 0 aliphatic carbocycles. The minimum Gasteiger partial charge on any atom is -0.351 e. The Bertz CT molecular complexity index is 1290. The third-order valence-corrected chi connectivity index (χ3v) is 9.01. The molecule has 0 radical (unpaired) electrons. The Kier molecular flexibility index (Phi) is 9.41. The second kappa shape index (κ2) is 11.7. The van der Waals surface area contributed by atoms with Crippen LogP contribution in [0.4, 0.5) is 17.6 Å². The van der Waals surface area contributed by atoms with Crippen molar-refractivity contribution in [3.8, 4) is 0 Å². The summed E-state index contributed by atoms with van der Waals surface area (Å²) in [5.41, 5.74) is -2.17. The normalized spacial score (nSPS) is 19.2. The zero-order valence-electron chi connectivity index (χ0n) is 21.1. The predicted octanol–water partition coefficient (Wildman–Crippen LogP) is 5.08.